The van der Waals surface area contributed by atoms with E-state index in [0.29, 0.717) is 11.5 Å². The standard InChI is InChI=1S/C15H24N2/c1-4-15(5-2)10-17(11-15)12(3)13-8-6-7-9-14(13)16/h6-9,12H,4-5,10-11,16H2,1-3H3. The van der Waals surface area contributed by atoms with Crippen molar-refractivity contribution in [3.05, 3.63) is 29.8 Å². The van der Waals surface area contributed by atoms with Crippen molar-refractivity contribution < 1.29 is 0 Å². The van der Waals surface area contributed by atoms with Crippen LogP contribution in [0, 0.1) is 5.41 Å². The summed E-state index contributed by atoms with van der Waals surface area (Å²) in [6, 6.07) is 8.68. The van der Waals surface area contributed by atoms with Crippen molar-refractivity contribution in [1.82, 2.24) is 4.90 Å². The lowest BCUT2D eigenvalue weighted by atomic mass is 9.74. The Labute approximate surface area is 105 Å². The van der Waals surface area contributed by atoms with Gasteiger partial charge in [-0.1, -0.05) is 32.0 Å². The third-order valence-corrected chi connectivity index (χ3v) is 4.57. The summed E-state index contributed by atoms with van der Waals surface area (Å²) in [7, 11) is 0. The van der Waals surface area contributed by atoms with Crippen LogP contribution in [0.1, 0.15) is 45.2 Å². The molecule has 94 valence electrons. The van der Waals surface area contributed by atoms with Gasteiger partial charge in [-0.3, -0.25) is 4.90 Å². The Morgan fingerprint density at radius 1 is 1.24 bits per heavy atom. The minimum Gasteiger partial charge on any atom is -0.398 e. The second kappa shape index (κ2) is 4.69. The summed E-state index contributed by atoms with van der Waals surface area (Å²) in [6.45, 7) is 9.32. The highest BCUT2D eigenvalue weighted by molar-refractivity contribution is 5.48. The average Bonchev–Trinajstić information content (AvgIpc) is 2.29. The van der Waals surface area contributed by atoms with Crippen LogP contribution in [0.5, 0.6) is 0 Å². The van der Waals surface area contributed by atoms with Gasteiger partial charge >= 0.3 is 0 Å². The molecule has 1 aliphatic rings. The van der Waals surface area contributed by atoms with Gasteiger partial charge in [-0.15, -0.1) is 0 Å². The second-order valence-electron chi connectivity index (χ2n) is 5.42. The Bertz CT molecular complexity index is 374. The van der Waals surface area contributed by atoms with Crippen molar-refractivity contribution in [2.75, 3.05) is 18.8 Å². The maximum atomic E-state index is 6.04. The molecule has 0 aromatic heterocycles. The Morgan fingerprint density at radius 3 is 2.35 bits per heavy atom. The minimum absolute atomic E-state index is 0.447. The van der Waals surface area contributed by atoms with E-state index >= 15 is 0 Å². The molecule has 2 rings (SSSR count). The van der Waals surface area contributed by atoms with Crippen LogP contribution in [0.4, 0.5) is 5.69 Å². The molecule has 1 saturated heterocycles. The zero-order valence-electron chi connectivity index (χ0n) is 11.2. The van der Waals surface area contributed by atoms with Crippen LogP contribution in [-0.4, -0.2) is 18.0 Å². The number of anilines is 1. The number of nitrogens with zero attached hydrogens (tertiary/aromatic N) is 1. The molecule has 1 aromatic rings. The van der Waals surface area contributed by atoms with Gasteiger partial charge in [0.25, 0.3) is 0 Å². The number of nitrogens with two attached hydrogens (primary N) is 1. The van der Waals surface area contributed by atoms with Crippen molar-refractivity contribution in [2.24, 2.45) is 5.41 Å². The SMILES string of the molecule is CCC1(CC)CN(C(C)c2ccccc2N)C1. The van der Waals surface area contributed by atoms with Crippen LogP contribution in [0.25, 0.3) is 0 Å². The number of likely N-dealkylation sites (tertiary alicyclic amines) is 1. The van der Waals surface area contributed by atoms with Gasteiger partial charge in [0.2, 0.25) is 0 Å². The van der Waals surface area contributed by atoms with E-state index in [-0.39, 0.29) is 0 Å². The molecule has 1 atom stereocenters. The molecule has 2 nitrogen and oxygen atoms in total. The van der Waals surface area contributed by atoms with E-state index in [4.69, 9.17) is 5.73 Å². The number of benzene rings is 1. The summed E-state index contributed by atoms with van der Waals surface area (Å²) < 4.78 is 0. The molecule has 17 heavy (non-hydrogen) atoms. The molecule has 2 N–H and O–H groups in total. The van der Waals surface area contributed by atoms with Gasteiger partial charge in [0, 0.05) is 24.8 Å². The van der Waals surface area contributed by atoms with E-state index in [1.54, 1.807) is 0 Å². The second-order valence-corrected chi connectivity index (χ2v) is 5.42. The lowest BCUT2D eigenvalue weighted by molar-refractivity contribution is -0.0329. The Balaban J connectivity index is 2.05. The summed E-state index contributed by atoms with van der Waals surface area (Å²) in [5, 5.41) is 0. The van der Waals surface area contributed by atoms with Crippen LogP contribution in [0.3, 0.4) is 0 Å². The molecule has 0 bridgehead atoms. The van der Waals surface area contributed by atoms with E-state index in [1.807, 2.05) is 12.1 Å². The molecule has 1 aromatic carbocycles. The van der Waals surface area contributed by atoms with Gasteiger partial charge in [-0.05, 0) is 36.8 Å². The van der Waals surface area contributed by atoms with Crippen molar-refractivity contribution >= 4 is 5.69 Å². The van der Waals surface area contributed by atoms with E-state index in [0.717, 1.165) is 5.69 Å². The van der Waals surface area contributed by atoms with Crippen LogP contribution in [0.2, 0.25) is 0 Å². The smallest absolute Gasteiger partial charge is 0.0362 e. The van der Waals surface area contributed by atoms with Gasteiger partial charge in [0.05, 0.1) is 0 Å². The lowest BCUT2D eigenvalue weighted by Gasteiger charge is -2.52. The maximum absolute atomic E-state index is 6.04. The van der Waals surface area contributed by atoms with Crippen LogP contribution in [0.15, 0.2) is 24.3 Å². The predicted octanol–water partition coefficient (Wildman–Crippen LogP) is 3.45. The van der Waals surface area contributed by atoms with Gasteiger partial charge in [-0.2, -0.15) is 0 Å². The van der Waals surface area contributed by atoms with Crippen molar-refractivity contribution in [2.45, 2.75) is 39.7 Å². The van der Waals surface area contributed by atoms with Crippen molar-refractivity contribution in [3.63, 3.8) is 0 Å². The van der Waals surface area contributed by atoms with Crippen LogP contribution in [-0.2, 0) is 0 Å². The first-order chi connectivity index (χ1) is 8.12. The summed E-state index contributed by atoms with van der Waals surface area (Å²) in [4.78, 5) is 2.54. The van der Waals surface area contributed by atoms with E-state index in [2.05, 4.69) is 37.8 Å². The zero-order valence-corrected chi connectivity index (χ0v) is 11.2. The number of hydrogen-bond acceptors (Lipinski definition) is 2. The van der Waals surface area contributed by atoms with Crippen molar-refractivity contribution in [1.29, 1.82) is 0 Å². The van der Waals surface area contributed by atoms with Crippen LogP contribution < -0.4 is 5.73 Å². The highest BCUT2D eigenvalue weighted by Crippen LogP contribution is 2.42. The first kappa shape index (κ1) is 12.4. The number of para-hydroxylation sites is 1. The Kier molecular flexibility index (Phi) is 3.43. The fraction of sp³-hybridized carbons (Fsp3) is 0.600. The number of hydrogen-bond donors (Lipinski definition) is 1. The van der Waals surface area contributed by atoms with Crippen LogP contribution >= 0.6 is 0 Å². The lowest BCUT2D eigenvalue weighted by Crippen LogP contribution is -2.56. The van der Waals surface area contributed by atoms with Gasteiger partial charge in [0.15, 0.2) is 0 Å². The summed E-state index contributed by atoms with van der Waals surface area (Å²) in [5.41, 5.74) is 8.80. The molecule has 0 spiro atoms. The number of nitrogen functional groups attached to an aromatic ring is 1. The largest absolute Gasteiger partial charge is 0.398 e. The van der Waals surface area contributed by atoms with Gasteiger partial charge < -0.3 is 5.73 Å². The Morgan fingerprint density at radius 2 is 1.82 bits per heavy atom. The van der Waals surface area contributed by atoms with Gasteiger partial charge in [0.1, 0.15) is 0 Å². The fourth-order valence-corrected chi connectivity index (χ4v) is 2.87. The summed E-state index contributed by atoms with van der Waals surface area (Å²) >= 11 is 0. The molecule has 1 unspecified atom stereocenters. The zero-order chi connectivity index (χ0) is 12.5. The topological polar surface area (TPSA) is 29.3 Å². The third-order valence-electron chi connectivity index (χ3n) is 4.57. The molecular formula is C15H24N2. The monoisotopic (exact) mass is 232 g/mol. The normalized spacial score (nSPS) is 20.9. The van der Waals surface area contributed by atoms with E-state index in [9.17, 15) is 0 Å². The first-order valence-corrected chi connectivity index (χ1v) is 6.70. The minimum atomic E-state index is 0.447. The van der Waals surface area contributed by atoms with Gasteiger partial charge in [-0.25, -0.2) is 0 Å². The molecule has 2 heteroatoms. The van der Waals surface area contributed by atoms with E-state index in [1.165, 1.54) is 31.5 Å². The highest BCUT2D eigenvalue weighted by atomic mass is 15.2. The average molecular weight is 232 g/mol. The molecule has 1 aliphatic heterocycles. The predicted molar refractivity (Wildman–Crippen MR) is 73.9 cm³/mol. The third kappa shape index (κ3) is 2.19. The summed E-state index contributed by atoms with van der Waals surface area (Å²) in [5.74, 6) is 0. The first-order valence-electron chi connectivity index (χ1n) is 6.70. The quantitative estimate of drug-likeness (QED) is 0.806. The van der Waals surface area contributed by atoms with Crippen molar-refractivity contribution in [3.8, 4) is 0 Å². The number of rotatable bonds is 4. The molecule has 0 aliphatic carbocycles. The molecule has 1 fully saturated rings. The summed E-state index contributed by atoms with van der Waals surface area (Å²) in [6.07, 6.45) is 2.58. The molecular weight excluding hydrogens is 208 g/mol. The highest BCUT2D eigenvalue weighted by Gasteiger charge is 2.41. The molecule has 0 radical (unpaired) electrons. The Hall–Kier alpha value is -1.02. The van der Waals surface area contributed by atoms with E-state index < -0.39 is 0 Å². The molecule has 0 amide bonds. The maximum Gasteiger partial charge on any atom is 0.0362 e. The molecule has 0 saturated carbocycles. The fourth-order valence-electron chi connectivity index (χ4n) is 2.87. The molecule has 1 heterocycles.